The van der Waals surface area contributed by atoms with Crippen LogP contribution in [0.1, 0.15) is 39.7 Å². The summed E-state index contributed by atoms with van der Waals surface area (Å²) in [4.78, 5) is 29.1. The number of sulfonamides is 1. The first-order chi connectivity index (χ1) is 19.9. The van der Waals surface area contributed by atoms with Crippen LogP contribution in [0.2, 0.25) is 5.02 Å². The Morgan fingerprint density at radius 2 is 1.60 bits per heavy atom. The minimum Gasteiger partial charge on any atom is -0.486 e. The largest absolute Gasteiger partial charge is 0.486 e. The van der Waals surface area contributed by atoms with Gasteiger partial charge in [0.2, 0.25) is 11.8 Å². The number of nitrogens with one attached hydrogen (secondary N) is 1. The first kappa shape index (κ1) is 31.2. The number of halogens is 1. The minimum atomic E-state index is -4.21. The van der Waals surface area contributed by atoms with Gasteiger partial charge < -0.3 is 19.7 Å². The van der Waals surface area contributed by atoms with Gasteiger partial charge in [-0.1, -0.05) is 54.9 Å². The Morgan fingerprint density at radius 3 is 2.24 bits per heavy atom. The van der Waals surface area contributed by atoms with E-state index in [9.17, 15) is 18.0 Å². The van der Waals surface area contributed by atoms with Crippen molar-refractivity contribution in [3.8, 4) is 11.5 Å². The number of benzene rings is 3. The summed E-state index contributed by atoms with van der Waals surface area (Å²) in [6.45, 7) is 7.50. The van der Waals surface area contributed by atoms with E-state index in [0.717, 1.165) is 4.31 Å². The molecular weight excluding hydrogens is 578 g/mol. The van der Waals surface area contributed by atoms with E-state index < -0.39 is 34.1 Å². The van der Waals surface area contributed by atoms with E-state index in [0.29, 0.717) is 41.7 Å². The first-order valence-electron chi connectivity index (χ1n) is 13.7. The number of amides is 2. The highest BCUT2D eigenvalue weighted by Gasteiger charge is 2.35. The number of carbonyl (C=O) groups excluding carboxylic acids is 2. The number of carbonyl (C=O) groups is 2. The molecule has 2 amide bonds. The fraction of sp³-hybridized carbons (Fsp3) is 0.355. The monoisotopic (exact) mass is 613 g/mol. The van der Waals surface area contributed by atoms with Crippen LogP contribution in [0.15, 0.2) is 77.7 Å². The lowest BCUT2D eigenvalue weighted by atomic mass is 10.1. The van der Waals surface area contributed by atoms with Crippen molar-refractivity contribution in [2.24, 2.45) is 0 Å². The van der Waals surface area contributed by atoms with E-state index in [-0.39, 0.29) is 23.0 Å². The SMILES string of the molecule is CC[C@H](C(=O)NC(C)(C)C)N(Cc1ccccc1Cl)C(=O)CN(c1ccc2c(c1)OCCO2)S(=O)(=O)c1ccccc1. The molecule has 1 N–H and O–H groups in total. The molecule has 0 saturated carbocycles. The Morgan fingerprint density at radius 1 is 0.952 bits per heavy atom. The lowest BCUT2D eigenvalue weighted by Gasteiger charge is -2.35. The highest BCUT2D eigenvalue weighted by molar-refractivity contribution is 7.92. The molecule has 0 spiro atoms. The normalized spacial score (nSPS) is 13.6. The van der Waals surface area contributed by atoms with E-state index >= 15 is 0 Å². The Balaban J connectivity index is 1.77. The van der Waals surface area contributed by atoms with E-state index in [1.807, 2.05) is 20.8 Å². The summed E-state index contributed by atoms with van der Waals surface area (Å²) >= 11 is 6.46. The van der Waals surface area contributed by atoms with E-state index in [1.165, 1.54) is 17.0 Å². The van der Waals surface area contributed by atoms with Crippen molar-refractivity contribution in [2.75, 3.05) is 24.1 Å². The van der Waals surface area contributed by atoms with Gasteiger partial charge in [-0.15, -0.1) is 0 Å². The van der Waals surface area contributed by atoms with Crippen LogP contribution in [-0.4, -0.2) is 56.5 Å². The Kier molecular flexibility index (Phi) is 9.68. The van der Waals surface area contributed by atoms with E-state index in [4.69, 9.17) is 21.1 Å². The second-order valence-electron chi connectivity index (χ2n) is 10.9. The molecule has 0 aliphatic carbocycles. The summed E-state index contributed by atoms with van der Waals surface area (Å²) < 4.78 is 40.4. The minimum absolute atomic E-state index is 0.00887. The van der Waals surface area contributed by atoms with Crippen LogP contribution >= 0.6 is 11.6 Å². The second kappa shape index (κ2) is 13.0. The van der Waals surface area contributed by atoms with Crippen LogP contribution in [-0.2, 0) is 26.2 Å². The summed E-state index contributed by atoms with van der Waals surface area (Å²) in [6, 6.07) is 18.8. The van der Waals surface area contributed by atoms with Crippen molar-refractivity contribution in [1.82, 2.24) is 10.2 Å². The molecule has 9 nitrogen and oxygen atoms in total. The number of rotatable bonds is 10. The van der Waals surface area contributed by atoms with Gasteiger partial charge in [0, 0.05) is 23.2 Å². The number of fused-ring (bicyclic) bond motifs is 1. The number of hydrogen-bond acceptors (Lipinski definition) is 6. The predicted octanol–water partition coefficient (Wildman–Crippen LogP) is 5.03. The van der Waals surface area contributed by atoms with E-state index in [1.54, 1.807) is 67.6 Å². The molecule has 1 aliphatic heterocycles. The zero-order chi connectivity index (χ0) is 30.5. The van der Waals surface area contributed by atoms with Gasteiger partial charge in [-0.2, -0.15) is 0 Å². The average Bonchev–Trinajstić information content (AvgIpc) is 2.96. The molecule has 0 unspecified atom stereocenters. The van der Waals surface area contributed by atoms with Crippen molar-refractivity contribution in [3.05, 3.63) is 83.4 Å². The third kappa shape index (κ3) is 7.35. The van der Waals surface area contributed by atoms with Gasteiger partial charge in [-0.05, 0) is 63.1 Å². The summed E-state index contributed by atoms with van der Waals surface area (Å²) in [5.74, 6) is -0.0515. The number of nitrogens with zero attached hydrogens (tertiary/aromatic N) is 2. The molecule has 3 aromatic carbocycles. The van der Waals surface area contributed by atoms with E-state index in [2.05, 4.69) is 5.32 Å². The van der Waals surface area contributed by atoms with Crippen LogP contribution in [0.25, 0.3) is 0 Å². The molecular formula is C31H36ClN3O6S. The van der Waals surface area contributed by atoms with Crippen LogP contribution < -0.4 is 19.1 Å². The van der Waals surface area contributed by atoms with Gasteiger partial charge in [0.25, 0.3) is 10.0 Å². The Labute approximate surface area is 252 Å². The fourth-order valence-corrected chi connectivity index (χ4v) is 6.24. The van der Waals surface area contributed by atoms with Crippen LogP contribution in [0.5, 0.6) is 11.5 Å². The summed E-state index contributed by atoms with van der Waals surface area (Å²) in [5, 5.41) is 3.39. The first-order valence-corrected chi connectivity index (χ1v) is 15.5. The maximum Gasteiger partial charge on any atom is 0.264 e. The van der Waals surface area contributed by atoms with Crippen LogP contribution in [0, 0.1) is 0 Å². The molecule has 0 bridgehead atoms. The van der Waals surface area contributed by atoms with Crippen molar-refractivity contribution >= 4 is 39.1 Å². The molecule has 11 heteroatoms. The third-order valence-corrected chi connectivity index (χ3v) is 8.76. The van der Waals surface area contributed by atoms with Crippen LogP contribution in [0.4, 0.5) is 5.69 Å². The average molecular weight is 614 g/mol. The number of hydrogen-bond donors (Lipinski definition) is 1. The summed E-state index contributed by atoms with van der Waals surface area (Å²) in [7, 11) is -4.21. The van der Waals surface area contributed by atoms with Gasteiger partial charge in [0.15, 0.2) is 11.5 Å². The fourth-order valence-electron chi connectivity index (χ4n) is 4.62. The summed E-state index contributed by atoms with van der Waals surface area (Å²) in [5.41, 5.74) is 0.310. The van der Waals surface area contributed by atoms with Crippen molar-refractivity contribution in [3.63, 3.8) is 0 Å². The number of anilines is 1. The lowest BCUT2D eigenvalue weighted by molar-refractivity contribution is -0.141. The molecule has 224 valence electrons. The molecule has 1 atom stereocenters. The number of ether oxygens (including phenoxy) is 2. The second-order valence-corrected chi connectivity index (χ2v) is 13.2. The quantitative estimate of drug-likeness (QED) is 0.344. The molecule has 0 saturated heterocycles. The molecule has 0 fully saturated rings. The highest BCUT2D eigenvalue weighted by atomic mass is 35.5. The van der Waals surface area contributed by atoms with Gasteiger partial charge in [-0.3, -0.25) is 13.9 Å². The molecule has 3 aromatic rings. The van der Waals surface area contributed by atoms with Crippen LogP contribution in [0.3, 0.4) is 0 Å². The van der Waals surface area contributed by atoms with Crippen molar-refractivity contribution in [1.29, 1.82) is 0 Å². The highest BCUT2D eigenvalue weighted by Crippen LogP contribution is 2.36. The topological polar surface area (TPSA) is 105 Å². The molecule has 0 radical (unpaired) electrons. The van der Waals surface area contributed by atoms with Crippen molar-refractivity contribution < 1.29 is 27.5 Å². The molecule has 1 heterocycles. The zero-order valence-corrected chi connectivity index (χ0v) is 25.7. The summed E-state index contributed by atoms with van der Waals surface area (Å²) in [6.07, 6.45) is 0.299. The molecule has 1 aliphatic rings. The molecule has 0 aromatic heterocycles. The predicted molar refractivity (Wildman–Crippen MR) is 162 cm³/mol. The van der Waals surface area contributed by atoms with Gasteiger partial charge in [0.05, 0.1) is 10.6 Å². The molecule has 42 heavy (non-hydrogen) atoms. The maximum atomic E-state index is 14.2. The maximum absolute atomic E-state index is 14.2. The van der Waals surface area contributed by atoms with Gasteiger partial charge in [0.1, 0.15) is 25.8 Å². The lowest BCUT2D eigenvalue weighted by Crippen LogP contribution is -2.55. The van der Waals surface area contributed by atoms with Crippen molar-refractivity contribution in [2.45, 2.75) is 57.1 Å². The van der Waals surface area contributed by atoms with Gasteiger partial charge >= 0.3 is 0 Å². The Bertz CT molecular complexity index is 1530. The van der Waals surface area contributed by atoms with Gasteiger partial charge in [-0.25, -0.2) is 8.42 Å². The third-order valence-electron chi connectivity index (χ3n) is 6.61. The smallest absolute Gasteiger partial charge is 0.264 e. The standard InChI is InChI=1S/C31H36ClN3O6S/c1-5-26(30(37)33-31(2,3)4)34(20-22-11-9-10-14-25(22)32)29(36)21-35(42(38,39)24-12-7-6-8-13-24)23-15-16-27-28(19-23)41-18-17-40-27/h6-16,19,26H,5,17-18,20-21H2,1-4H3,(H,33,37)/t26-/m1/s1. The Hall–Kier alpha value is -3.76. The zero-order valence-electron chi connectivity index (χ0n) is 24.2. The molecule has 4 rings (SSSR count).